The van der Waals surface area contributed by atoms with Crippen LogP contribution in [0.25, 0.3) is 11.3 Å². The van der Waals surface area contributed by atoms with E-state index in [0.29, 0.717) is 58.1 Å². The Labute approximate surface area is 454 Å². The van der Waals surface area contributed by atoms with Crippen molar-refractivity contribution in [2.75, 3.05) is 72.8 Å². The molecule has 6 fully saturated rings. The number of nitrogens with one attached hydrogen (secondary N) is 1. The maximum absolute atomic E-state index is 14.4. The molecule has 6 atom stereocenters. The number of nitriles is 1. The lowest BCUT2D eigenvalue weighted by Gasteiger charge is -2.43. The minimum Gasteiger partial charge on any atom is -0.507 e. The summed E-state index contributed by atoms with van der Waals surface area (Å²) in [5, 5.41) is 46.1. The number of fused-ring (bicyclic) bond motifs is 2. The fourth-order valence-electron chi connectivity index (χ4n) is 12.8. The summed E-state index contributed by atoms with van der Waals surface area (Å²) >= 11 is 0. The Morgan fingerprint density at radius 3 is 2.36 bits per heavy atom. The van der Waals surface area contributed by atoms with Gasteiger partial charge in [-0.05, 0) is 99.2 Å². The Balaban J connectivity index is 0.601. The van der Waals surface area contributed by atoms with Crippen molar-refractivity contribution < 1.29 is 38.2 Å². The topological polar surface area (TPSA) is 236 Å². The van der Waals surface area contributed by atoms with E-state index in [4.69, 9.17) is 25.0 Å². The van der Waals surface area contributed by atoms with E-state index in [1.54, 1.807) is 31.2 Å². The number of para-hydroxylation sites is 1. The van der Waals surface area contributed by atoms with Gasteiger partial charge in [-0.2, -0.15) is 5.26 Å². The number of halogens is 1. The van der Waals surface area contributed by atoms with Gasteiger partial charge in [0.25, 0.3) is 0 Å². The Morgan fingerprint density at radius 2 is 1.64 bits per heavy atom. The molecule has 5 aromatic rings. The second-order valence-electron chi connectivity index (χ2n) is 22.8. The van der Waals surface area contributed by atoms with Gasteiger partial charge in [-0.15, -0.1) is 10.2 Å². The van der Waals surface area contributed by atoms with Gasteiger partial charge in [0.1, 0.15) is 35.7 Å². The van der Waals surface area contributed by atoms with Gasteiger partial charge >= 0.3 is 0 Å². The number of phenols is 1. The molecular weight excluding hydrogens is 996 g/mol. The number of benzene rings is 2. The van der Waals surface area contributed by atoms with Crippen molar-refractivity contribution in [3.8, 4) is 29.0 Å². The van der Waals surface area contributed by atoms with Crippen LogP contribution in [-0.4, -0.2) is 147 Å². The van der Waals surface area contributed by atoms with Crippen LogP contribution in [0.3, 0.4) is 0 Å². The maximum Gasteiger partial charge on any atom is 0.243 e. The number of β-amino-alcohol motifs (C(OH)–C–C–N with tert-alkyl or cyclic N) is 1. The lowest BCUT2D eigenvalue weighted by atomic mass is 9.91. The highest BCUT2D eigenvalue weighted by atomic mass is 19.1. The number of pyridine rings is 1. The molecule has 2 unspecified atom stereocenters. The number of piperazine rings is 1. The number of ether oxygens (including phenoxy) is 2. The molecule has 1 saturated carbocycles. The number of nitrogen functional groups attached to an aromatic ring is 1. The molecule has 5 saturated heterocycles. The van der Waals surface area contributed by atoms with E-state index in [9.17, 15) is 24.2 Å². The highest BCUT2D eigenvalue weighted by Crippen LogP contribution is 2.41. The molecule has 2 amide bonds. The number of aliphatic hydroxyl groups is 1. The van der Waals surface area contributed by atoms with Gasteiger partial charge in [-0.25, -0.2) is 9.37 Å². The molecule has 1 aliphatic carbocycles. The van der Waals surface area contributed by atoms with E-state index in [2.05, 4.69) is 57.4 Å². The van der Waals surface area contributed by atoms with Crippen LogP contribution in [0.5, 0.6) is 11.6 Å². The van der Waals surface area contributed by atoms with Crippen LogP contribution in [0.2, 0.25) is 0 Å². The third kappa shape index (κ3) is 11.3. The highest BCUT2D eigenvalue weighted by Gasteiger charge is 2.45. The van der Waals surface area contributed by atoms with Crippen LogP contribution in [0.15, 0.2) is 77.4 Å². The molecule has 19 nitrogen and oxygen atoms in total. The van der Waals surface area contributed by atoms with Crippen LogP contribution in [0.1, 0.15) is 107 Å². The van der Waals surface area contributed by atoms with E-state index >= 15 is 0 Å². The molecule has 2 aromatic carbocycles. The molecule has 0 spiro atoms. The van der Waals surface area contributed by atoms with Gasteiger partial charge in [-0.1, -0.05) is 37.2 Å². The van der Waals surface area contributed by atoms with Crippen molar-refractivity contribution in [3.63, 3.8) is 0 Å². The van der Waals surface area contributed by atoms with Crippen LogP contribution in [0.4, 0.5) is 27.4 Å². The Bertz CT molecular complexity index is 2970. The van der Waals surface area contributed by atoms with Gasteiger partial charge in [0.15, 0.2) is 17.4 Å². The number of aliphatic hydroxyl groups excluding tert-OH is 1. The van der Waals surface area contributed by atoms with Gasteiger partial charge in [0, 0.05) is 113 Å². The lowest BCUT2D eigenvalue weighted by Crippen LogP contribution is -2.54. The minimum atomic E-state index is -0.922. The second kappa shape index (κ2) is 22.7. The third-order valence-electron chi connectivity index (χ3n) is 17.1. The predicted octanol–water partition coefficient (Wildman–Crippen LogP) is 6.57. The number of anilines is 4. The van der Waals surface area contributed by atoms with Crippen molar-refractivity contribution in [1.82, 2.24) is 35.5 Å². The molecule has 5 N–H and O–H groups in total. The number of rotatable bonds is 16. The summed E-state index contributed by atoms with van der Waals surface area (Å²) in [7, 11) is 0. The molecule has 8 heterocycles. The normalized spacial score (nSPS) is 24.7. The lowest BCUT2D eigenvalue weighted by molar-refractivity contribution is -0.141. The second-order valence-corrected chi connectivity index (χ2v) is 22.8. The van der Waals surface area contributed by atoms with E-state index in [-0.39, 0.29) is 54.4 Å². The van der Waals surface area contributed by atoms with Crippen LogP contribution in [-0.2, 0) is 14.3 Å². The number of hydrogen-bond acceptors (Lipinski definition) is 17. The zero-order valence-corrected chi connectivity index (χ0v) is 44.7. The number of nitrogens with two attached hydrogens (primary N) is 1. The van der Waals surface area contributed by atoms with Crippen molar-refractivity contribution in [1.29, 1.82) is 5.26 Å². The summed E-state index contributed by atoms with van der Waals surface area (Å²) in [5.74, 6) is 0.528. The van der Waals surface area contributed by atoms with Crippen molar-refractivity contribution in [2.45, 2.75) is 133 Å². The quantitative estimate of drug-likeness (QED) is 0.0818. The molecule has 78 heavy (non-hydrogen) atoms. The zero-order chi connectivity index (χ0) is 54.2. The Morgan fingerprint density at radius 1 is 0.885 bits per heavy atom. The van der Waals surface area contributed by atoms with Crippen LogP contribution in [0, 0.1) is 29.0 Å². The van der Waals surface area contributed by atoms with Crippen molar-refractivity contribution >= 4 is 34.8 Å². The molecular formula is C58H71FN12O7. The van der Waals surface area contributed by atoms with E-state index < -0.39 is 35.8 Å². The largest absolute Gasteiger partial charge is 0.507 e. The molecule has 20 heteroatoms. The number of hydrogen-bond donors (Lipinski definition) is 4. The Hall–Kier alpha value is -7.08. The van der Waals surface area contributed by atoms with Crippen LogP contribution >= 0.6 is 0 Å². The number of piperidine rings is 2. The number of phenolic OH excluding ortho intramolecular Hbond substituents is 1. The molecule has 2 bridgehead atoms. The first-order valence-corrected chi connectivity index (χ1v) is 27.9. The summed E-state index contributed by atoms with van der Waals surface area (Å²) in [6.45, 7) is 11.9. The monoisotopic (exact) mass is 1070 g/mol. The highest BCUT2D eigenvalue weighted by molar-refractivity contribution is 5.91. The summed E-state index contributed by atoms with van der Waals surface area (Å²) in [4.78, 5) is 43.6. The number of carbonyl (C=O) groups is 2. The SMILES string of the molecule is CC(C)[C@@H](C(=O)N1C[C@H](O)C[C@H]1C(=O)N[C@@H](C)c1ccc(C#N)c(F)c1)c1cc(N2CCC(CN3CCC(OC4CC(Oc5cc(N6C7CCC6CN(c6cc(-c8ccccc8O)nnc6N)C7)ccn5)C4)CC3)CC2)no1. The first kappa shape index (κ1) is 52.9. The Kier molecular flexibility index (Phi) is 15.4. The number of aromatic nitrogens is 4. The number of amides is 2. The molecule has 6 aliphatic rings. The molecule has 11 rings (SSSR count). The fraction of sp³-hybridized carbons (Fsp3) is 0.534. The molecule has 3 aromatic heterocycles. The number of likely N-dealkylation sites (tertiary alicyclic amines) is 2. The first-order chi connectivity index (χ1) is 37.7. The third-order valence-corrected chi connectivity index (χ3v) is 17.1. The standard InChI is InChI=1S/C58H71FN12O7/c1-34(2)55(58(75)70-33-42(72)24-50(70)57(74)63-35(3)37-8-9-38(29-60)47(59)22-37)52-28-53(66-78-52)68-20-13-36(14-21-68)30-67-18-15-43(16-19-67)76-44-25-45(26-44)77-54-23-39(12-17-62-54)71-40-10-11-41(71)32-69(31-40)49-27-48(64-65-56(49)61)46-6-4-5-7-51(46)73/h4-9,12,17,22-23,27-28,34-36,40-45,50,55,72-73H,10-11,13-16,18-21,24-26,30-33H2,1-3H3,(H2,61,65)(H,63,74)/t35-,40?,41?,42+,44?,45?,50-,55+/m0/s1. The zero-order valence-electron chi connectivity index (χ0n) is 44.7. The summed E-state index contributed by atoms with van der Waals surface area (Å²) in [6.07, 6.45) is 9.48. The maximum atomic E-state index is 14.4. The fourth-order valence-corrected chi connectivity index (χ4v) is 12.8. The average molecular weight is 1070 g/mol. The van der Waals surface area contributed by atoms with E-state index in [0.717, 1.165) is 109 Å². The molecule has 0 radical (unpaired) electrons. The molecule has 5 aliphatic heterocycles. The summed E-state index contributed by atoms with van der Waals surface area (Å²) in [6, 6.07) is 20.2. The number of nitrogens with zero attached hydrogens (tertiary/aromatic N) is 10. The predicted molar refractivity (Wildman–Crippen MR) is 290 cm³/mol. The van der Waals surface area contributed by atoms with Gasteiger partial charge in [0.05, 0.1) is 41.3 Å². The number of aromatic hydroxyl groups is 1. The average Bonchev–Trinajstić information content (AvgIpc) is 4.28. The smallest absolute Gasteiger partial charge is 0.243 e. The van der Waals surface area contributed by atoms with Gasteiger partial charge in [0.2, 0.25) is 17.7 Å². The van der Waals surface area contributed by atoms with Crippen LogP contribution < -0.4 is 30.5 Å². The first-order valence-electron chi connectivity index (χ1n) is 27.9. The van der Waals surface area contributed by atoms with E-state index in [1.807, 2.05) is 44.3 Å². The van der Waals surface area contributed by atoms with Gasteiger partial charge < -0.3 is 59.8 Å². The minimum absolute atomic E-state index is 0.00369. The summed E-state index contributed by atoms with van der Waals surface area (Å²) in [5.41, 5.74) is 9.97. The van der Waals surface area contributed by atoms with Gasteiger partial charge in [-0.3, -0.25) is 9.59 Å². The van der Waals surface area contributed by atoms with E-state index in [1.165, 1.54) is 17.0 Å². The van der Waals surface area contributed by atoms with Crippen molar-refractivity contribution in [2.24, 2.45) is 11.8 Å². The summed E-state index contributed by atoms with van der Waals surface area (Å²) < 4.78 is 33.3. The number of carbonyl (C=O) groups excluding carboxylic acids is 2. The molecule has 412 valence electrons. The van der Waals surface area contributed by atoms with Crippen molar-refractivity contribution in [3.05, 3.63) is 95.6 Å².